The third-order valence-corrected chi connectivity index (χ3v) is 6.84. The van der Waals surface area contributed by atoms with Crippen LogP contribution in [0.4, 0.5) is 4.39 Å². The van der Waals surface area contributed by atoms with Gasteiger partial charge >= 0.3 is 0 Å². The molecule has 0 radical (unpaired) electrons. The number of carbonyl (C=O) groups is 1. The number of amides is 1. The van der Waals surface area contributed by atoms with Crippen LogP contribution in [0.3, 0.4) is 0 Å². The largest absolute Gasteiger partial charge is 0.367 e. The number of fused-ring (bicyclic) bond motifs is 1. The second-order valence-corrected chi connectivity index (χ2v) is 8.99. The zero-order valence-corrected chi connectivity index (χ0v) is 17.0. The number of nitrogens with zero attached hydrogens (tertiary/aromatic N) is 1. The highest BCUT2D eigenvalue weighted by Gasteiger charge is 2.37. The van der Waals surface area contributed by atoms with E-state index in [9.17, 15) is 9.18 Å². The lowest BCUT2D eigenvalue weighted by atomic mass is 9.87. The second-order valence-electron chi connectivity index (χ2n) is 7.41. The highest BCUT2D eigenvalue weighted by atomic mass is 32.2. The summed E-state index contributed by atoms with van der Waals surface area (Å²) >= 11 is 1.91. The molecule has 3 atom stereocenters. The summed E-state index contributed by atoms with van der Waals surface area (Å²) in [6.45, 7) is 3.45. The lowest BCUT2D eigenvalue weighted by Gasteiger charge is -2.40. The van der Waals surface area contributed by atoms with Crippen LogP contribution in [0, 0.1) is 5.82 Å². The van der Waals surface area contributed by atoms with Crippen molar-refractivity contribution in [3.8, 4) is 0 Å². The minimum atomic E-state index is -0.373. The van der Waals surface area contributed by atoms with Gasteiger partial charge in [0.25, 0.3) is 5.91 Å². The zero-order chi connectivity index (χ0) is 19.5. The van der Waals surface area contributed by atoms with E-state index in [1.165, 1.54) is 17.7 Å². The number of hydrogen-bond acceptors (Lipinski definition) is 3. The van der Waals surface area contributed by atoms with Crippen LogP contribution < -0.4 is 0 Å². The van der Waals surface area contributed by atoms with Gasteiger partial charge in [-0.05, 0) is 53.8 Å². The average Bonchev–Trinajstić information content (AvgIpc) is 2.74. The molecular formula is C23H26FNO2S. The molecule has 2 heterocycles. The van der Waals surface area contributed by atoms with Gasteiger partial charge in [0, 0.05) is 11.8 Å². The average molecular weight is 400 g/mol. The van der Waals surface area contributed by atoms with Crippen LogP contribution in [0.5, 0.6) is 0 Å². The molecule has 5 heteroatoms. The normalized spacial score (nSPS) is 24.6. The Balaban J connectivity index is 1.60. The fourth-order valence-corrected chi connectivity index (χ4v) is 5.23. The molecule has 2 aromatic carbocycles. The number of halogens is 1. The third kappa shape index (κ3) is 3.96. The molecule has 1 saturated heterocycles. The van der Waals surface area contributed by atoms with Crippen LogP contribution in [0.2, 0.25) is 0 Å². The number of hydrogen-bond donors (Lipinski definition) is 0. The topological polar surface area (TPSA) is 29.5 Å². The van der Waals surface area contributed by atoms with Crippen LogP contribution in [0.25, 0.3) is 0 Å². The molecule has 0 aromatic heterocycles. The van der Waals surface area contributed by atoms with Crippen molar-refractivity contribution in [3.63, 3.8) is 0 Å². The van der Waals surface area contributed by atoms with E-state index in [1.807, 2.05) is 28.8 Å². The first-order valence-electron chi connectivity index (χ1n) is 10.0. The molecule has 148 valence electrons. The molecule has 0 spiro atoms. The highest BCUT2D eigenvalue weighted by Crippen LogP contribution is 2.36. The molecule has 2 aliphatic heterocycles. The van der Waals surface area contributed by atoms with Gasteiger partial charge in [-0.2, -0.15) is 11.8 Å². The molecule has 1 amide bonds. The molecule has 0 aliphatic carbocycles. The maximum atomic E-state index is 13.5. The summed E-state index contributed by atoms with van der Waals surface area (Å²) < 4.78 is 19.5. The van der Waals surface area contributed by atoms with E-state index in [0.717, 1.165) is 36.1 Å². The second kappa shape index (κ2) is 8.66. The Kier molecular flexibility index (Phi) is 6.02. The molecule has 0 bridgehead atoms. The van der Waals surface area contributed by atoms with Crippen molar-refractivity contribution >= 4 is 17.7 Å². The summed E-state index contributed by atoms with van der Waals surface area (Å²) in [7, 11) is 0. The lowest BCUT2D eigenvalue weighted by Crippen LogP contribution is -2.48. The standard InChI is InChI=1S/C23H26FNO2S/c1-2-28-19-11-12-21(27-15-19)23(26)25-14-13-16-5-3-4-6-20(16)22(25)17-7-9-18(24)10-8-17/h3-10,19,21-22H,2,11-15H2,1H3/t19?,21-,22+/m1/s1. The molecule has 2 aliphatic rings. The summed E-state index contributed by atoms with van der Waals surface area (Å²) in [5, 5.41) is 0.490. The third-order valence-electron chi connectivity index (χ3n) is 5.66. The minimum absolute atomic E-state index is 0.0591. The van der Waals surface area contributed by atoms with Gasteiger partial charge in [0.2, 0.25) is 0 Å². The Morgan fingerprint density at radius 1 is 1.18 bits per heavy atom. The van der Waals surface area contributed by atoms with Gasteiger partial charge in [-0.15, -0.1) is 0 Å². The van der Waals surface area contributed by atoms with Gasteiger partial charge in [0.15, 0.2) is 0 Å². The van der Waals surface area contributed by atoms with Crippen molar-refractivity contribution in [2.24, 2.45) is 0 Å². The van der Waals surface area contributed by atoms with Crippen LogP contribution in [0.15, 0.2) is 48.5 Å². The molecule has 0 N–H and O–H groups in total. The van der Waals surface area contributed by atoms with Gasteiger partial charge in [-0.1, -0.05) is 43.3 Å². The van der Waals surface area contributed by atoms with E-state index in [0.29, 0.717) is 18.4 Å². The van der Waals surface area contributed by atoms with Crippen molar-refractivity contribution in [1.29, 1.82) is 0 Å². The Labute approximate surface area is 170 Å². The zero-order valence-electron chi connectivity index (χ0n) is 16.1. The number of ether oxygens (including phenoxy) is 1. The van der Waals surface area contributed by atoms with Crippen LogP contribution in [-0.4, -0.2) is 41.1 Å². The highest BCUT2D eigenvalue weighted by molar-refractivity contribution is 7.99. The first-order chi connectivity index (χ1) is 13.7. The molecule has 3 nitrogen and oxygen atoms in total. The molecule has 28 heavy (non-hydrogen) atoms. The predicted molar refractivity (Wildman–Crippen MR) is 111 cm³/mol. The number of rotatable bonds is 4. The Morgan fingerprint density at radius 3 is 2.68 bits per heavy atom. The number of benzene rings is 2. The lowest BCUT2D eigenvalue weighted by molar-refractivity contribution is -0.148. The molecule has 4 rings (SSSR count). The molecule has 1 fully saturated rings. The fourth-order valence-electron chi connectivity index (χ4n) is 4.28. The minimum Gasteiger partial charge on any atom is -0.367 e. The van der Waals surface area contributed by atoms with Crippen molar-refractivity contribution in [3.05, 3.63) is 71.0 Å². The Hall–Kier alpha value is -1.85. The van der Waals surface area contributed by atoms with Crippen LogP contribution in [0.1, 0.15) is 42.5 Å². The van der Waals surface area contributed by atoms with Gasteiger partial charge in [0.05, 0.1) is 12.6 Å². The quantitative estimate of drug-likeness (QED) is 0.753. The monoisotopic (exact) mass is 399 g/mol. The van der Waals surface area contributed by atoms with Crippen molar-refractivity contribution in [1.82, 2.24) is 4.90 Å². The Bertz CT molecular complexity index is 818. The smallest absolute Gasteiger partial charge is 0.252 e. The maximum absolute atomic E-state index is 13.5. The van der Waals surface area contributed by atoms with Gasteiger partial charge in [0.1, 0.15) is 11.9 Å². The van der Waals surface area contributed by atoms with Gasteiger partial charge < -0.3 is 9.64 Å². The number of carbonyl (C=O) groups excluding carboxylic acids is 1. The Morgan fingerprint density at radius 2 is 1.96 bits per heavy atom. The summed E-state index contributed by atoms with van der Waals surface area (Å²) in [6, 6.07) is 14.6. The van der Waals surface area contributed by atoms with Gasteiger partial charge in [-0.25, -0.2) is 4.39 Å². The van der Waals surface area contributed by atoms with E-state index in [1.54, 1.807) is 12.1 Å². The summed E-state index contributed by atoms with van der Waals surface area (Å²) in [6.07, 6.45) is 2.24. The van der Waals surface area contributed by atoms with Crippen LogP contribution >= 0.6 is 11.8 Å². The van der Waals surface area contributed by atoms with E-state index in [2.05, 4.69) is 19.1 Å². The fraction of sp³-hybridized carbons (Fsp3) is 0.435. The molecular weight excluding hydrogens is 373 g/mol. The first-order valence-corrected chi connectivity index (χ1v) is 11.1. The summed E-state index contributed by atoms with van der Waals surface area (Å²) in [5.74, 6) is 0.868. The van der Waals surface area contributed by atoms with Gasteiger partial charge in [-0.3, -0.25) is 4.79 Å². The van der Waals surface area contributed by atoms with E-state index in [4.69, 9.17) is 4.74 Å². The van der Waals surface area contributed by atoms with Crippen molar-refractivity contribution < 1.29 is 13.9 Å². The van der Waals surface area contributed by atoms with E-state index in [-0.39, 0.29) is 23.9 Å². The molecule has 2 aromatic rings. The van der Waals surface area contributed by atoms with Crippen molar-refractivity contribution in [2.75, 3.05) is 18.9 Å². The molecule has 1 unspecified atom stereocenters. The molecule has 0 saturated carbocycles. The summed E-state index contributed by atoms with van der Waals surface area (Å²) in [5.41, 5.74) is 3.32. The van der Waals surface area contributed by atoms with Crippen LogP contribution in [-0.2, 0) is 16.0 Å². The first kappa shape index (κ1) is 19.5. The summed E-state index contributed by atoms with van der Waals surface area (Å²) in [4.78, 5) is 15.3. The van der Waals surface area contributed by atoms with Crippen molar-refractivity contribution in [2.45, 2.75) is 43.6 Å². The number of thioether (sulfide) groups is 1. The SMILES string of the molecule is CCSC1CC[C@H](C(=O)N2CCc3ccccc3[C@@H]2c2ccc(F)cc2)OC1. The van der Waals surface area contributed by atoms with E-state index >= 15 is 0 Å². The van der Waals surface area contributed by atoms with E-state index < -0.39 is 0 Å². The maximum Gasteiger partial charge on any atom is 0.252 e. The predicted octanol–water partition coefficient (Wildman–Crippen LogP) is 4.60.